The van der Waals surface area contributed by atoms with Gasteiger partial charge in [0.05, 0.1) is 0 Å². The van der Waals surface area contributed by atoms with Crippen LogP contribution < -0.4 is 5.63 Å². The van der Waals surface area contributed by atoms with Crippen molar-refractivity contribution in [1.82, 2.24) is 9.55 Å². The maximum Gasteiger partial charge on any atom is 0.362 e. The zero-order valence-electron chi connectivity index (χ0n) is 15.9. The van der Waals surface area contributed by atoms with Gasteiger partial charge >= 0.3 is 5.63 Å². The second-order valence-corrected chi connectivity index (χ2v) is 7.19. The van der Waals surface area contributed by atoms with Gasteiger partial charge < -0.3 is 8.98 Å². The van der Waals surface area contributed by atoms with Crippen LogP contribution in [0.1, 0.15) is 23.6 Å². The van der Waals surface area contributed by atoms with Crippen molar-refractivity contribution in [2.45, 2.75) is 26.8 Å². The Morgan fingerprint density at radius 1 is 1.04 bits per heavy atom. The third-order valence-electron chi connectivity index (χ3n) is 5.55. The van der Waals surface area contributed by atoms with E-state index in [0.29, 0.717) is 17.8 Å². The van der Waals surface area contributed by atoms with Crippen LogP contribution in [0.25, 0.3) is 32.9 Å². The van der Waals surface area contributed by atoms with Crippen LogP contribution >= 0.6 is 0 Å². The molecule has 0 bridgehead atoms. The summed E-state index contributed by atoms with van der Waals surface area (Å²) in [4.78, 5) is 17.3. The number of aromatic nitrogens is 2. The summed E-state index contributed by atoms with van der Waals surface area (Å²) in [6, 6.07) is 18.6. The van der Waals surface area contributed by atoms with Crippen LogP contribution in [0.5, 0.6) is 0 Å². The minimum atomic E-state index is -0.343. The van der Waals surface area contributed by atoms with Crippen LogP contribution in [-0.4, -0.2) is 9.55 Å². The second kappa shape index (κ2) is 6.34. The van der Waals surface area contributed by atoms with E-state index in [9.17, 15) is 4.79 Å². The van der Waals surface area contributed by atoms with Gasteiger partial charge in [-0.15, -0.1) is 0 Å². The Balaban J connectivity index is 1.95. The summed E-state index contributed by atoms with van der Waals surface area (Å²) in [6.45, 7) is 4.86. The molecular formula is C24H20N2O2. The zero-order valence-corrected chi connectivity index (χ0v) is 15.9. The molecule has 0 N–H and O–H groups in total. The maximum atomic E-state index is 13.0. The van der Waals surface area contributed by atoms with Crippen molar-refractivity contribution in [2.75, 3.05) is 0 Å². The standard InChI is InChI=1S/C24H20N2O2/c1-3-16-10-11-20-19(13-16)21-18-9-6-12-25-23(18)28-24(27)22(21)26(20)14-17-8-5-4-7-15(17)2/h4-13H,3,14H2,1-2H3. The van der Waals surface area contributed by atoms with Crippen LogP contribution in [-0.2, 0) is 13.0 Å². The van der Waals surface area contributed by atoms with Gasteiger partial charge in [0.1, 0.15) is 5.52 Å². The molecule has 4 heteroatoms. The van der Waals surface area contributed by atoms with Gasteiger partial charge in [-0.3, -0.25) is 0 Å². The molecule has 3 aromatic heterocycles. The molecule has 0 unspecified atom stereocenters. The first-order chi connectivity index (χ1) is 13.7. The number of rotatable bonds is 3. The largest absolute Gasteiger partial charge is 0.402 e. The lowest BCUT2D eigenvalue weighted by Crippen LogP contribution is -2.09. The van der Waals surface area contributed by atoms with Crippen molar-refractivity contribution >= 4 is 32.9 Å². The molecule has 2 aromatic carbocycles. The highest BCUT2D eigenvalue weighted by atomic mass is 16.4. The predicted molar refractivity (Wildman–Crippen MR) is 113 cm³/mol. The fourth-order valence-electron chi connectivity index (χ4n) is 4.03. The summed E-state index contributed by atoms with van der Waals surface area (Å²) in [7, 11) is 0. The maximum absolute atomic E-state index is 13.0. The van der Waals surface area contributed by atoms with Crippen molar-refractivity contribution in [2.24, 2.45) is 0 Å². The van der Waals surface area contributed by atoms with Crippen molar-refractivity contribution in [3.63, 3.8) is 0 Å². The van der Waals surface area contributed by atoms with Gasteiger partial charge in [-0.25, -0.2) is 9.78 Å². The number of fused-ring (bicyclic) bond motifs is 5. The molecule has 0 spiro atoms. The van der Waals surface area contributed by atoms with E-state index in [1.54, 1.807) is 6.20 Å². The van der Waals surface area contributed by atoms with Gasteiger partial charge in [0.25, 0.3) is 0 Å². The Bertz CT molecular complexity index is 1410. The highest BCUT2D eigenvalue weighted by Gasteiger charge is 2.19. The summed E-state index contributed by atoms with van der Waals surface area (Å²) in [6.07, 6.45) is 2.60. The molecule has 0 aliphatic carbocycles. The van der Waals surface area contributed by atoms with Crippen molar-refractivity contribution in [1.29, 1.82) is 0 Å². The molecule has 0 saturated heterocycles. The number of hydrogen-bond acceptors (Lipinski definition) is 3. The van der Waals surface area contributed by atoms with Crippen molar-refractivity contribution < 1.29 is 4.42 Å². The normalized spacial score (nSPS) is 11.6. The molecule has 138 valence electrons. The minimum Gasteiger partial charge on any atom is -0.402 e. The predicted octanol–water partition coefficient (Wildman–Crippen LogP) is 5.22. The fraction of sp³-hybridized carbons (Fsp3) is 0.167. The summed E-state index contributed by atoms with van der Waals surface area (Å²) in [5, 5.41) is 2.88. The smallest absolute Gasteiger partial charge is 0.362 e. The quantitative estimate of drug-likeness (QED) is 0.439. The van der Waals surface area contributed by atoms with Gasteiger partial charge in [-0.2, -0.15) is 0 Å². The molecule has 0 amide bonds. The second-order valence-electron chi connectivity index (χ2n) is 7.19. The summed E-state index contributed by atoms with van der Waals surface area (Å²) >= 11 is 0. The molecule has 5 rings (SSSR count). The summed E-state index contributed by atoms with van der Waals surface area (Å²) in [5.74, 6) is 0. The van der Waals surface area contributed by atoms with Crippen LogP contribution in [0, 0.1) is 6.92 Å². The molecule has 0 radical (unpaired) electrons. The van der Waals surface area contributed by atoms with E-state index in [1.807, 2.05) is 24.3 Å². The molecule has 28 heavy (non-hydrogen) atoms. The first-order valence-corrected chi connectivity index (χ1v) is 9.54. The molecular weight excluding hydrogens is 348 g/mol. The number of hydrogen-bond donors (Lipinski definition) is 0. The minimum absolute atomic E-state index is 0.343. The molecule has 0 aliphatic rings. The highest BCUT2D eigenvalue weighted by molar-refractivity contribution is 6.18. The van der Waals surface area contributed by atoms with Crippen LogP contribution in [0.3, 0.4) is 0 Å². The topological polar surface area (TPSA) is 48.0 Å². The number of nitrogens with zero attached hydrogens (tertiary/aromatic N) is 2. The third-order valence-corrected chi connectivity index (χ3v) is 5.55. The number of pyridine rings is 1. The molecule has 5 aromatic rings. The van der Waals surface area contributed by atoms with E-state index in [1.165, 1.54) is 16.7 Å². The lowest BCUT2D eigenvalue weighted by Gasteiger charge is -2.10. The fourth-order valence-corrected chi connectivity index (χ4v) is 4.03. The van der Waals surface area contributed by atoms with E-state index >= 15 is 0 Å². The third kappa shape index (κ3) is 2.45. The van der Waals surface area contributed by atoms with Crippen molar-refractivity contribution in [3.05, 3.63) is 87.9 Å². The van der Waals surface area contributed by atoms with Crippen LogP contribution in [0.4, 0.5) is 0 Å². The molecule has 3 heterocycles. The van der Waals surface area contributed by atoms with Gasteiger partial charge in [0, 0.05) is 34.4 Å². The Kier molecular flexibility index (Phi) is 3.79. The van der Waals surface area contributed by atoms with Gasteiger partial charge in [0.2, 0.25) is 5.71 Å². The van der Waals surface area contributed by atoms with Gasteiger partial charge in [-0.1, -0.05) is 37.3 Å². The SMILES string of the molecule is CCc1ccc2c(c1)c1c3cccnc3oc(=O)c1n2Cc1ccccc1C. The molecule has 0 aliphatic heterocycles. The van der Waals surface area contributed by atoms with Crippen LogP contribution in [0.15, 0.2) is 70.0 Å². The van der Waals surface area contributed by atoms with E-state index in [0.717, 1.165) is 28.1 Å². The average molecular weight is 368 g/mol. The van der Waals surface area contributed by atoms with E-state index in [2.05, 4.69) is 53.7 Å². The monoisotopic (exact) mass is 368 g/mol. The average Bonchev–Trinajstić information content (AvgIpc) is 3.04. The molecule has 0 saturated carbocycles. The number of benzene rings is 2. The molecule has 0 atom stereocenters. The van der Waals surface area contributed by atoms with E-state index in [-0.39, 0.29) is 5.63 Å². The van der Waals surface area contributed by atoms with Gasteiger partial charge in [0.15, 0.2) is 0 Å². The first kappa shape index (κ1) is 16.8. The van der Waals surface area contributed by atoms with Crippen LogP contribution in [0.2, 0.25) is 0 Å². The van der Waals surface area contributed by atoms with E-state index < -0.39 is 0 Å². The summed E-state index contributed by atoms with van der Waals surface area (Å²) in [5.41, 5.74) is 5.32. The number of aryl methyl sites for hydroxylation is 2. The Hall–Kier alpha value is -3.40. The lowest BCUT2D eigenvalue weighted by atomic mass is 10.1. The Morgan fingerprint density at radius 2 is 1.89 bits per heavy atom. The summed E-state index contributed by atoms with van der Waals surface area (Å²) < 4.78 is 7.67. The van der Waals surface area contributed by atoms with Crippen molar-refractivity contribution in [3.8, 4) is 0 Å². The lowest BCUT2D eigenvalue weighted by molar-refractivity contribution is 0.553. The Labute approximate surface area is 162 Å². The first-order valence-electron chi connectivity index (χ1n) is 9.54. The molecule has 0 fully saturated rings. The Morgan fingerprint density at radius 3 is 2.71 bits per heavy atom. The van der Waals surface area contributed by atoms with Gasteiger partial charge in [-0.05, 0) is 54.3 Å². The molecule has 4 nitrogen and oxygen atoms in total. The zero-order chi connectivity index (χ0) is 19.3. The highest BCUT2D eigenvalue weighted by Crippen LogP contribution is 2.33. The van der Waals surface area contributed by atoms with E-state index in [4.69, 9.17) is 4.42 Å².